The lowest BCUT2D eigenvalue weighted by molar-refractivity contribution is 0.0502. The summed E-state index contributed by atoms with van der Waals surface area (Å²) < 4.78 is 6.76. The zero-order valence-electron chi connectivity index (χ0n) is 13.4. The van der Waals surface area contributed by atoms with E-state index in [2.05, 4.69) is 4.98 Å². The van der Waals surface area contributed by atoms with Crippen molar-refractivity contribution in [3.63, 3.8) is 0 Å². The quantitative estimate of drug-likeness (QED) is 0.508. The fraction of sp³-hybridized carbons (Fsp3) is 0.278. The predicted octanol–water partition coefficient (Wildman–Crippen LogP) is 3.46. The summed E-state index contributed by atoms with van der Waals surface area (Å²) in [5.41, 5.74) is 1.10. The highest BCUT2D eigenvalue weighted by atomic mass is 32.1. The van der Waals surface area contributed by atoms with Gasteiger partial charge in [-0.25, -0.2) is 9.78 Å². The highest BCUT2D eigenvalue weighted by molar-refractivity contribution is 7.17. The lowest BCUT2D eigenvalue weighted by Crippen LogP contribution is -2.22. The molecule has 2 heterocycles. The van der Waals surface area contributed by atoms with E-state index in [1.165, 1.54) is 22.2 Å². The number of thiophene rings is 1. The zero-order chi connectivity index (χ0) is 16.9. The number of fused-ring (bicyclic) bond motifs is 1. The standard InChI is InChI=1S/C18H18N2O3S/c1-2-3-9-23-18(22)14-11-24-16-15(14)17(21)20(12-19-16)10-13-7-5-4-6-8-13/h4-8,11-12H,2-3,9-10H2,1H3. The van der Waals surface area contributed by atoms with Crippen LogP contribution in [0, 0.1) is 0 Å². The second kappa shape index (κ2) is 7.40. The maximum absolute atomic E-state index is 12.8. The van der Waals surface area contributed by atoms with E-state index in [1.807, 2.05) is 37.3 Å². The van der Waals surface area contributed by atoms with Crippen molar-refractivity contribution < 1.29 is 9.53 Å². The number of hydrogen-bond acceptors (Lipinski definition) is 5. The smallest absolute Gasteiger partial charge is 0.339 e. The van der Waals surface area contributed by atoms with Crippen molar-refractivity contribution in [1.82, 2.24) is 9.55 Å². The molecule has 0 saturated heterocycles. The van der Waals surface area contributed by atoms with Crippen molar-refractivity contribution in [2.24, 2.45) is 0 Å². The molecule has 124 valence electrons. The molecule has 0 amide bonds. The molecular formula is C18H18N2O3S. The van der Waals surface area contributed by atoms with Crippen LogP contribution in [0.15, 0.2) is 46.8 Å². The highest BCUT2D eigenvalue weighted by Crippen LogP contribution is 2.21. The first-order valence-corrected chi connectivity index (χ1v) is 8.76. The monoisotopic (exact) mass is 342 g/mol. The Hall–Kier alpha value is -2.47. The van der Waals surface area contributed by atoms with Gasteiger partial charge in [-0.3, -0.25) is 9.36 Å². The summed E-state index contributed by atoms with van der Waals surface area (Å²) in [6.07, 6.45) is 3.29. The van der Waals surface area contributed by atoms with Crippen LogP contribution >= 0.6 is 11.3 Å². The maximum atomic E-state index is 12.8. The van der Waals surface area contributed by atoms with Crippen LogP contribution in [0.5, 0.6) is 0 Å². The number of benzene rings is 1. The highest BCUT2D eigenvalue weighted by Gasteiger charge is 2.18. The SMILES string of the molecule is CCCCOC(=O)c1csc2ncn(Cc3ccccc3)c(=O)c12. The molecule has 0 aliphatic carbocycles. The summed E-state index contributed by atoms with van der Waals surface area (Å²) in [6, 6.07) is 9.67. The Morgan fingerprint density at radius 3 is 2.83 bits per heavy atom. The molecule has 0 bridgehead atoms. The fourth-order valence-electron chi connectivity index (χ4n) is 2.40. The minimum Gasteiger partial charge on any atom is -0.462 e. The number of esters is 1. The van der Waals surface area contributed by atoms with Gasteiger partial charge in [0.05, 0.1) is 30.4 Å². The second-order valence-corrected chi connectivity index (χ2v) is 6.34. The summed E-state index contributed by atoms with van der Waals surface area (Å²) in [5.74, 6) is -0.453. The van der Waals surface area contributed by atoms with Crippen molar-refractivity contribution in [2.45, 2.75) is 26.3 Å². The van der Waals surface area contributed by atoms with Crippen molar-refractivity contribution in [2.75, 3.05) is 6.61 Å². The molecule has 3 rings (SSSR count). The average Bonchev–Trinajstić information content (AvgIpc) is 3.03. The number of unbranched alkanes of at least 4 members (excludes halogenated alkanes) is 1. The van der Waals surface area contributed by atoms with Crippen LogP contribution < -0.4 is 5.56 Å². The Balaban J connectivity index is 1.94. The Bertz CT molecular complexity index is 900. The van der Waals surface area contributed by atoms with Crippen LogP contribution in [0.25, 0.3) is 10.2 Å². The van der Waals surface area contributed by atoms with Crippen LogP contribution in [0.1, 0.15) is 35.7 Å². The molecule has 0 N–H and O–H groups in total. The van der Waals surface area contributed by atoms with Crippen LogP contribution in [0.4, 0.5) is 0 Å². The molecule has 0 aliphatic rings. The van der Waals surface area contributed by atoms with Gasteiger partial charge in [0.2, 0.25) is 0 Å². The summed E-state index contributed by atoms with van der Waals surface area (Å²) in [6.45, 7) is 2.81. The van der Waals surface area contributed by atoms with Crippen LogP contribution in [-0.4, -0.2) is 22.1 Å². The van der Waals surface area contributed by atoms with Gasteiger partial charge in [-0.15, -0.1) is 11.3 Å². The largest absolute Gasteiger partial charge is 0.462 e. The minimum absolute atomic E-state index is 0.215. The van der Waals surface area contributed by atoms with Gasteiger partial charge in [-0.2, -0.15) is 0 Å². The molecule has 0 fully saturated rings. The molecule has 0 atom stereocenters. The second-order valence-electron chi connectivity index (χ2n) is 5.48. The summed E-state index contributed by atoms with van der Waals surface area (Å²) in [7, 11) is 0. The summed E-state index contributed by atoms with van der Waals surface area (Å²) in [5, 5.41) is 2.00. The van der Waals surface area contributed by atoms with Crippen molar-refractivity contribution in [1.29, 1.82) is 0 Å². The van der Waals surface area contributed by atoms with Crippen LogP contribution in [0.3, 0.4) is 0 Å². The van der Waals surface area contributed by atoms with E-state index in [9.17, 15) is 9.59 Å². The third kappa shape index (κ3) is 3.38. The first-order chi connectivity index (χ1) is 11.7. The van der Waals surface area contributed by atoms with Gasteiger partial charge in [0.25, 0.3) is 5.56 Å². The molecule has 0 aliphatic heterocycles. The third-order valence-electron chi connectivity index (χ3n) is 3.71. The van der Waals surface area contributed by atoms with E-state index in [1.54, 1.807) is 5.38 Å². The molecule has 0 saturated carbocycles. The average molecular weight is 342 g/mol. The lowest BCUT2D eigenvalue weighted by atomic mass is 10.2. The Labute approximate surface area is 143 Å². The number of carbonyl (C=O) groups excluding carboxylic acids is 1. The van der Waals surface area contributed by atoms with Crippen LogP contribution in [-0.2, 0) is 11.3 Å². The van der Waals surface area contributed by atoms with E-state index in [0.717, 1.165) is 18.4 Å². The van der Waals surface area contributed by atoms with Crippen molar-refractivity contribution in [3.8, 4) is 0 Å². The number of nitrogens with zero attached hydrogens (tertiary/aromatic N) is 2. The van der Waals surface area contributed by atoms with E-state index < -0.39 is 5.97 Å². The van der Waals surface area contributed by atoms with Gasteiger partial charge in [0, 0.05) is 5.38 Å². The topological polar surface area (TPSA) is 61.2 Å². The van der Waals surface area contributed by atoms with E-state index in [-0.39, 0.29) is 5.56 Å². The van der Waals surface area contributed by atoms with Gasteiger partial charge < -0.3 is 4.74 Å². The number of hydrogen-bond donors (Lipinski definition) is 0. The van der Waals surface area contributed by atoms with Crippen molar-refractivity contribution in [3.05, 3.63) is 63.5 Å². The van der Waals surface area contributed by atoms with Gasteiger partial charge in [0.15, 0.2) is 0 Å². The fourth-order valence-corrected chi connectivity index (χ4v) is 3.26. The van der Waals surface area contributed by atoms with E-state index in [4.69, 9.17) is 4.74 Å². The number of ether oxygens (including phenoxy) is 1. The third-order valence-corrected chi connectivity index (χ3v) is 4.59. The molecule has 24 heavy (non-hydrogen) atoms. The number of rotatable bonds is 6. The minimum atomic E-state index is -0.453. The van der Waals surface area contributed by atoms with Crippen molar-refractivity contribution >= 4 is 27.5 Å². The molecule has 0 unspecified atom stereocenters. The van der Waals surface area contributed by atoms with Crippen LogP contribution in [0.2, 0.25) is 0 Å². The summed E-state index contributed by atoms with van der Waals surface area (Å²) in [4.78, 5) is 29.9. The Kier molecular flexibility index (Phi) is 5.05. The Morgan fingerprint density at radius 2 is 2.08 bits per heavy atom. The molecule has 2 aromatic heterocycles. The molecule has 6 heteroatoms. The molecule has 3 aromatic rings. The zero-order valence-corrected chi connectivity index (χ0v) is 14.2. The predicted molar refractivity (Wildman–Crippen MR) is 94.6 cm³/mol. The normalized spacial score (nSPS) is 10.9. The van der Waals surface area contributed by atoms with Gasteiger partial charge in [-0.05, 0) is 12.0 Å². The summed E-state index contributed by atoms with van der Waals surface area (Å²) >= 11 is 1.29. The molecule has 0 radical (unpaired) electrons. The van der Waals surface area contributed by atoms with Gasteiger partial charge in [0.1, 0.15) is 4.83 Å². The molecule has 1 aromatic carbocycles. The molecule has 5 nitrogen and oxygen atoms in total. The molecule has 0 spiro atoms. The molecular weight excluding hydrogens is 324 g/mol. The number of aromatic nitrogens is 2. The van der Waals surface area contributed by atoms with Gasteiger partial charge >= 0.3 is 5.97 Å². The van der Waals surface area contributed by atoms with E-state index >= 15 is 0 Å². The Morgan fingerprint density at radius 1 is 1.29 bits per heavy atom. The number of carbonyl (C=O) groups is 1. The maximum Gasteiger partial charge on any atom is 0.339 e. The first kappa shape index (κ1) is 16.4. The first-order valence-electron chi connectivity index (χ1n) is 7.88. The lowest BCUT2D eigenvalue weighted by Gasteiger charge is -2.06. The van der Waals surface area contributed by atoms with Gasteiger partial charge in [-0.1, -0.05) is 43.7 Å². The van der Waals surface area contributed by atoms with E-state index in [0.29, 0.717) is 28.9 Å².